The van der Waals surface area contributed by atoms with Gasteiger partial charge in [0.25, 0.3) is 0 Å². The molecule has 2 aliphatic heterocycles. The molecule has 0 amide bonds. The second kappa shape index (κ2) is 25.8. The predicted molar refractivity (Wildman–Crippen MR) is 262 cm³/mol. The first-order chi connectivity index (χ1) is 27.4. The van der Waals surface area contributed by atoms with Gasteiger partial charge in [-0.25, -0.2) is 0 Å². The molecule has 2 rings (SSSR count). The molecule has 2 saturated heterocycles. The van der Waals surface area contributed by atoms with Gasteiger partial charge in [-0.05, 0) is 86.5 Å². The molecular formula is C50H104O6Si3. The lowest BCUT2D eigenvalue weighted by Crippen LogP contribution is -2.49. The molecule has 0 spiro atoms. The average molecular weight is 886 g/mol. The zero-order valence-electron chi connectivity index (χ0n) is 42.5. The lowest BCUT2D eigenvalue weighted by atomic mass is 9.99. The van der Waals surface area contributed by atoms with Crippen molar-refractivity contribution in [3.8, 4) is 0 Å². The first kappa shape index (κ1) is 55.5. The minimum atomic E-state index is -2.09. The van der Waals surface area contributed by atoms with Gasteiger partial charge in [0.15, 0.2) is 25.0 Å². The molecule has 9 heteroatoms. The monoisotopic (exact) mass is 885 g/mol. The molecule has 0 radical (unpaired) electrons. The molecule has 2 aliphatic rings. The van der Waals surface area contributed by atoms with Gasteiger partial charge in [0.2, 0.25) is 0 Å². The summed E-state index contributed by atoms with van der Waals surface area (Å²) in [6.45, 7) is 38.0. The Bertz CT molecular complexity index is 1110. The van der Waals surface area contributed by atoms with Crippen molar-refractivity contribution in [1.82, 2.24) is 0 Å². The lowest BCUT2D eigenvalue weighted by Gasteiger charge is -2.41. The third-order valence-corrected chi connectivity index (χ3v) is 29.0. The first-order valence-corrected chi connectivity index (χ1v) is 34.0. The zero-order chi connectivity index (χ0) is 44.5. The van der Waals surface area contributed by atoms with Gasteiger partial charge < -0.3 is 27.9 Å². The quantitative estimate of drug-likeness (QED) is 0.0573. The van der Waals surface area contributed by atoms with Gasteiger partial charge >= 0.3 is 0 Å². The van der Waals surface area contributed by atoms with Crippen LogP contribution in [0.15, 0.2) is 0 Å². The summed E-state index contributed by atoms with van der Waals surface area (Å²) in [5.41, 5.74) is 0. The van der Waals surface area contributed by atoms with Crippen LogP contribution in [-0.4, -0.2) is 79.4 Å². The molecule has 7 atom stereocenters. The smallest absolute Gasteiger partial charge is 0.192 e. The van der Waals surface area contributed by atoms with E-state index < -0.39 is 25.0 Å². The summed E-state index contributed by atoms with van der Waals surface area (Å²) < 4.78 is 36.4. The molecule has 59 heavy (non-hydrogen) atoms. The predicted octanol–water partition coefficient (Wildman–Crippen LogP) is 15.7. The highest BCUT2D eigenvalue weighted by Crippen LogP contribution is 2.46. The van der Waals surface area contributed by atoms with Crippen molar-refractivity contribution in [3.05, 3.63) is 0 Å². The summed E-state index contributed by atoms with van der Waals surface area (Å²) >= 11 is 0. The highest BCUT2D eigenvalue weighted by molar-refractivity contribution is 6.75. The zero-order valence-corrected chi connectivity index (χ0v) is 45.5. The number of hydrogen-bond acceptors (Lipinski definition) is 6. The van der Waals surface area contributed by atoms with Gasteiger partial charge in [-0.3, -0.25) is 0 Å². The molecule has 6 nitrogen and oxygen atoms in total. The van der Waals surface area contributed by atoms with E-state index in [2.05, 4.69) is 109 Å². The molecule has 0 aromatic carbocycles. The molecule has 1 N–H and O–H groups in total. The largest absolute Gasteiger partial charge is 0.411 e. The van der Waals surface area contributed by atoms with Crippen LogP contribution >= 0.6 is 0 Å². The Kier molecular flexibility index (Phi) is 24.3. The molecule has 352 valence electrons. The van der Waals surface area contributed by atoms with Crippen LogP contribution < -0.4 is 0 Å². The number of aliphatic hydroxyl groups is 1. The van der Waals surface area contributed by atoms with E-state index in [0.717, 1.165) is 51.4 Å². The van der Waals surface area contributed by atoms with Crippen LogP contribution in [0.3, 0.4) is 0 Å². The summed E-state index contributed by atoms with van der Waals surface area (Å²) in [5.74, 6) is 0. The molecule has 2 heterocycles. The van der Waals surface area contributed by atoms with Crippen LogP contribution in [0.2, 0.25) is 54.4 Å². The van der Waals surface area contributed by atoms with E-state index in [-0.39, 0.29) is 64.4 Å². The SMILES string of the molecule is CCCCCCCCCCCCCCCCC[C@H](O[Si](C)(C)C(C)(C)C)[C@@H]1C[C@@H](O[Si](C)(C)C(C)(C)C)[C@@H]([C@@H]2CC[C@@H]([C@H](CCCCCO)O[Si](C)(C)C(C)(C)C)O2)O1. The maximum absolute atomic E-state index is 9.48. The second-order valence-electron chi connectivity index (χ2n) is 23.7. The van der Waals surface area contributed by atoms with E-state index in [4.69, 9.17) is 22.8 Å². The van der Waals surface area contributed by atoms with Crippen LogP contribution in [0.1, 0.15) is 217 Å². The number of hydrogen-bond donors (Lipinski definition) is 1. The van der Waals surface area contributed by atoms with E-state index in [1.165, 1.54) is 96.3 Å². The van der Waals surface area contributed by atoms with Crippen LogP contribution in [0.4, 0.5) is 0 Å². The van der Waals surface area contributed by atoms with Crippen LogP contribution in [0.5, 0.6) is 0 Å². The molecule has 0 saturated carbocycles. The van der Waals surface area contributed by atoms with Crippen molar-refractivity contribution < 1.29 is 27.9 Å². The third-order valence-electron chi connectivity index (χ3n) is 15.4. The standard InChI is InChI=1S/C50H104O6Si3/c1-17-18-19-20-21-22-23-24-25-26-27-28-29-30-32-36-43(55-58(13,14)49(5,6)7)45-40-46(56-59(15,16)50(8,9)10)47(53-45)44-38-37-41(52-44)42(35-33-31-34-39-51)54-57(11,12)48(2,3)4/h41-47,51H,17-40H2,1-16H3/t41-,42-,43-,44-,45-,46+,47+/m0/s1. The molecule has 0 aromatic rings. The third kappa shape index (κ3) is 19.2. The van der Waals surface area contributed by atoms with Crippen LogP contribution in [0.25, 0.3) is 0 Å². The molecule has 0 bridgehead atoms. The van der Waals surface area contributed by atoms with Crippen molar-refractivity contribution in [3.63, 3.8) is 0 Å². The molecule has 0 aromatic heterocycles. The van der Waals surface area contributed by atoms with E-state index >= 15 is 0 Å². The summed E-state index contributed by atoms with van der Waals surface area (Å²) in [4.78, 5) is 0. The van der Waals surface area contributed by atoms with Crippen molar-refractivity contribution in [2.24, 2.45) is 0 Å². The number of unbranched alkanes of at least 4 members (excludes halogenated alkanes) is 16. The number of rotatable bonds is 30. The van der Waals surface area contributed by atoms with Crippen molar-refractivity contribution in [1.29, 1.82) is 0 Å². The second-order valence-corrected chi connectivity index (χ2v) is 38.0. The Morgan fingerprint density at radius 1 is 0.508 bits per heavy atom. The highest BCUT2D eigenvalue weighted by Gasteiger charge is 2.52. The van der Waals surface area contributed by atoms with E-state index in [1.807, 2.05) is 0 Å². The fourth-order valence-electron chi connectivity index (χ4n) is 8.25. The molecule has 2 fully saturated rings. The maximum atomic E-state index is 9.48. The van der Waals surface area contributed by atoms with E-state index in [1.54, 1.807) is 0 Å². The van der Waals surface area contributed by atoms with Gasteiger partial charge in [-0.1, -0.05) is 178 Å². The Morgan fingerprint density at radius 2 is 0.898 bits per heavy atom. The van der Waals surface area contributed by atoms with Crippen molar-refractivity contribution >= 4 is 25.0 Å². The van der Waals surface area contributed by atoms with Gasteiger partial charge in [-0.2, -0.15) is 0 Å². The highest BCUT2D eigenvalue weighted by atomic mass is 28.4. The Balaban J connectivity index is 2.17. The summed E-state index contributed by atoms with van der Waals surface area (Å²) in [7, 11) is -6.16. The van der Waals surface area contributed by atoms with Gasteiger partial charge in [0, 0.05) is 13.0 Å². The topological polar surface area (TPSA) is 66.4 Å². The van der Waals surface area contributed by atoms with Gasteiger partial charge in [0.05, 0.1) is 36.6 Å². The Morgan fingerprint density at radius 3 is 1.31 bits per heavy atom. The van der Waals surface area contributed by atoms with Gasteiger partial charge in [-0.15, -0.1) is 0 Å². The lowest BCUT2D eigenvalue weighted by molar-refractivity contribution is -0.120. The van der Waals surface area contributed by atoms with Crippen molar-refractivity contribution in [2.75, 3.05) is 6.61 Å². The maximum Gasteiger partial charge on any atom is 0.192 e. The fraction of sp³-hybridized carbons (Fsp3) is 1.00. The first-order valence-electron chi connectivity index (χ1n) is 25.3. The van der Waals surface area contributed by atoms with E-state index in [0.29, 0.717) is 0 Å². The summed E-state index contributed by atoms with van der Waals surface area (Å²) in [5, 5.41) is 9.85. The number of ether oxygens (including phenoxy) is 2. The number of aliphatic hydroxyl groups excluding tert-OH is 1. The molecule has 0 unspecified atom stereocenters. The summed E-state index contributed by atoms with van der Waals surface area (Å²) in [6.07, 6.45) is 28.6. The van der Waals surface area contributed by atoms with Crippen LogP contribution in [-0.2, 0) is 22.8 Å². The fourth-order valence-corrected chi connectivity index (χ4v) is 12.4. The van der Waals surface area contributed by atoms with Crippen LogP contribution in [0, 0.1) is 0 Å². The van der Waals surface area contributed by atoms with E-state index in [9.17, 15) is 5.11 Å². The average Bonchev–Trinajstić information content (AvgIpc) is 3.76. The van der Waals surface area contributed by atoms with Crippen molar-refractivity contribution in [2.45, 2.75) is 314 Å². The summed E-state index contributed by atoms with van der Waals surface area (Å²) in [6, 6.07) is 0. The molecular weight excluding hydrogens is 781 g/mol. The Hall–Kier alpha value is 0.411. The minimum absolute atomic E-state index is 0.000490. The molecule has 0 aliphatic carbocycles. The van der Waals surface area contributed by atoms with Gasteiger partial charge in [0.1, 0.15) is 6.10 Å². The normalized spacial score (nSPS) is 23.6. The Labute approximate surface area is 371 Å². The minimum Gasteiger partial charge on any atom is -0.411 e.